The van der Waals surface area contributed by atoms with Crippen LogP contribution in [0, 0.1) is 0 Å². The Morgan fingerprint density at radius 2 is 1.83 bits per heavy atom. The van der Waals surface area contributed by atoms with E-state index in [0.29, 0.717) is 42.5 Å². The van der Waals surface area contributed by atoms with Crippen molar-refractivity contribution >= 4 is 16.8 Å². The first-order valence-electron chi connectivity index (χ1n) is 9.38. The second-order valence-corrected chi connectivity index (χ2v) is 6.71. The number of carbonyl (C=O) groups is 1. The van der Waals surface area contributed by atoms with Crippen LogP contribution in [0.4, 0.5) is 0 Å². The Balaban J connectivity index is 1.43. The van der Waals surface area contributed by atoms with E-state index in [4.69, 9.17) is 13.9 Å². The van der Waals surface area contributed by atoms with E-state index < -0.39 is 0 Å². The minimum atomic E-state index is -0.175. The van der Waals surface area contributed by atoms with Gasteiger partial charge in [-0.2, -0.15) is 0 Å². The number of fused-ring (bicyclic) bond motifs is 2. The number of para-hydroxylation sites is 1. The maximum atomic E-state index is 13.0. The Morgan fingerprint density at radius 3 is 2.69 bits per heavy atom. The zero-order chi connectivity index (χ0) is 19.6. The molecule has 0 spiro atoms. The van der Waals surface area contributed by atoms with E-state index in [0.717, 1.165) is 22.2 Å². The molecular weight excluding hydrogens is 368 g/mol. The number of hydrogen-bond donors (Lipinski definition) is 1. The molecule has 0 radical (unpaired) electrons. The predicted octanol–water partition coefficient (Wildman–Crippen LogP) is 4.20. The lowest BCUT2D eigenvalue weighted by molar-refractivity contribution is 0.0952. The second-order valence-electron chi connectivity index (χ2n) is 6.71. The average Bonchev–Trinajstić information content (AvgIpc) is 3.31. The van der Waals surface area contributed by atoms with Crippen LogP contribution in [-0.4, -0.2) is 24.1 Å². The fourth-order valence-electron chi connectivity index (χ4n) is 3.39. The van der Waals surface area contributed by atoms with Crippen LogP contribution in [0.5, 0.6) is 11.5 Å². The monoisotopic (exact) mass is 386 g/mol. The third-order valence-electron chi connectivity index (χ3n) is 4.79. The minimum absolute atomic E-state index is 0.175. The fraction of sp³-hybridized carbons (Fsp3) is 0.130. The van der Waals surface area contributed by atoms with Gasteiger partial charge in [-0.25, -0.2) is 4.98 Å². The van der Waals surface area contributed by atoms with Crippen LogP contribution < -0.4 is 14.8 Å². The molecule has 0 unspecified atom stereocenters. The van der Waals surface area contributed by atoms with Crippen LogP contribution in [0.15, 0.2) is 71.3 Å². The normalized spacial score (nSPS) is 12.7. The number of nitrogens with one attached hydrogen (secondary N) is 1. The molecule has 0 bridgehead atoms. The molecule has 3 heterocycles. The lowest BCUT2D eigenvalue weighted by Gasteiger charge is -2.19. The van der Waals surface area contributed by atoms with Crippen molar-refractivity contribution < 1.29 is 18.7 Å². The molecule has 6 nitrogen and oxygen atoms in total. The topological polar surface area (TPSA) is 73.6 Å². The number of amides is 1. The zero-order valence-electron chi connectivity index (χ0n) is 15.6. The third kappa shape index (κ3) is 3.40. The largest absolute Gasteiger partial charge is 0.486 e. The van der Waals surface area contributed by atoms with Crippen LogP contribution in [0.25, 0.3) is 22.4 Å². The van der Waals surface area contributed by atoms with Gasteiger partial charge in [-0.1, -0.05) is 24.3 Å². The van der Waals surface area contributed by atoms with Crippen molar-refractivity contribution in [3.8, 4) is 23.0 Å². The molecule has 29 heavy (non-hydrogen) atoms. The van der Waals surface area contributed by atoms with Crippen molar-refractivity contribution in [1.29, 1.82) is 0 Å². The van der Waals surface area contributed by atoms with Crippen LogP contribution in [-0.2, 0) is 6.54 Å². The summed E-state index contributed by atoms with van der Waals surface area (Å²) in [6.45, 7) is 1.46. The van der Waals surface area contributed by atoms with Gasteiger partial charge in [0.05, 0.1) is 17.3 Å². The van der Waals surface area contributed by atoms with Crippen LogP contribution in [0.1, 0.15) is 15.9 Å². The Hall–Kier alpha value is -3.80. The molecule has 1 aliphatic heterocycles. The summed E-state index contributed by atoms with van der Waals surface area (Å²) in [7, 11) is 0. The number of furan rings is 1. The highest BCUT2D eigenvalue weighted by molar-refractivity contribution is 6.07. The Labute approximate surface area is 167 Å². The van der Waals surface area contributed by atoms with Crippen molar-refractivity contribution in [1.82, 2.24) is 10.3 Å². The number of rotatable bonds is 4. The van der Waals surface area contributed by atoms with E-state index in [1.807, 2.05) is 48.5 Å². The third-order valence-corrected chi connectivity index (χ3v) is 4.79. The van der Waals surface area contributed by atoms with Gasteiger partial charge in [0.15, 0.2) is 17.3 Å². The Bertz CT molecular complexity index is 1180. The summed E-state index contributed by atoms with van der Waals surface area (Å²) in [6.07, 6.45) is 1.59. The highest BCUT2D eigenvalue weighted by atomic mass is 16.6. The van der Waals surface area contributed by atoms with E-state index in [9.17, 15) is 4.79 Å². The molecule has 0 atom stereocenters. The molecule has 1 aliphatic rings. The van der Waals surface area contributed by atoms with Gasteiger partial charge in [0.2, 0.25) is 0 Å². The first-order chi connectivity index (χ1) is 14.3. The molecule has 4 aromatic rings. The number of nitrogens with zero attached hydrogens (tertiary/aromatic N) is 1. The first kappa shape index (κ1) is 17.3. The summed E-state index contributed by atoms with van der Waals surface area (Å²) < 4.78 is 16.6. The van der Waals surface area contributed by atoms with Crippen molar-refractivity contribution in [2.45, 2.75) is 6.54 Å². The van der Waals surface area contributed by atoms with E-state index >= 15 is 0 Å². The zero-order valence-corrected chi connectivity index (χ0v) is 15.6. The highest BCUT2D eigenvalue weighted by Gasteiger charge is 2.16. The van der Waals surface area contributed by atoms with Crippen molar-refractivity contribution in [3.05, 3.63) is 78.1 Å². The maximum absolute atomic E-state index is 13.0. The summed E-state index contributed by atoms with van der Waals surface area (Å²) >= 11 is 0. The Morgan fingerprint density at radius 1 is 0.966 bits per heavy atom. The molecule has 2 aromatic carbocycles. The number of ether oxygens (including phenoxy) is 2. The minimum Gasteiger partial charge on any atom is -0.486 e. The van der Waals surface area contributed by atoms with Gasteiger partial charge in [0.1, 0.15) is 18.9 Å². The smallest absolute Gasteiger partial charge is 0.252 e. The fourth-order valence-corrected chi connectivity index (χ4v) is 3.39. The number of benzene rings is 2. The number of carbonyl (C=O) groups excluding carboxylic acids is 1. The predicted molar refractivity (Wildman–Crippen MR) is 108 cm³/mol. The van der Waals surface area contributed by atoms with Crippen molar-refractivity contribution in [2.75, 3.05) is 13.2 Å². The van der Waals surface area contributed by atoms with Crippen molar-refractivity contribution in [3.63, 3.8) is 0 Å². The maximum Gasteiger partial charge on any atom is 0.252 e. The lowest BCUT2D eigenvalue weighted by Crippen LogP contribution is -2.23. The van der Waals surface area contributed by atoms with Gasteiger partial charge in [0, 0.05) is 11.9 Å². The average molecular weight is 386 g/mol. The van der Waals surface area contributed by atoms with E-state index in [-0.39, 0.29) is 5.91 Å². The summed E-state index contributed by atoms with van der Waals surface area (Å²) in [6, 6.07) is 18.7. The highest BCUT2D eigenvalue weighted by Crippen LogP contribution is 2.31. The van der Waals surface area contributed by atoms with Crippen LogP contribution in [0.3, 0.4) is 0 Å². The van der Waals surface area contributed by atoms with E-state index in [1.165, 1.54) is 0 Å². The SMILES string of the molecule is O=C(NCc1ccc2c(c1)OCCO2)c1cc(-c2ccco2)nc2ccccc12. The second kappa shape index (κ2) is 7.31. The molecule has 0 aliphatic carbocycles. The first-order valence-corrected chi connectivity index (χ1v) is 9.38. The lowest BCUT2D eigenvalue weighted by atomic mass is 10.1. The van der Waals surface area contributed by atoms with Gasteiger partial charge in [-0.05, 0) is 42.0 Å². The molecule has 6 heteroatoms. The summed E-state index contributed by atoms with van der Waals surface area (Å²) in [5.41, 5.74) is 2.86. The van der Waals surface area contributed by atoms with Gasteiger partial charge >= 0.3 is 0 Å². The molecular formula is C23H18N2O4. The van der Waals surface area contributed by atoms with Crippen LogP contribution >= 0.6 is 0 Å². The molecule has 0 saturated heterocycles. The van der Waals surface area contributed by atoms with E-state index in [1.54, 1.807) is 18.4 Å². The number of hydrogen-bond acceptors (Lipinski definition) is 5. The Kier molecular flexibility index (Phi) is 4.37. The molecule has 5 rings (SSSR count). The molecule has 1 N–H and O–H groups in total. The van der Waals surface area contributed by atoms with Gasteiger partial charge in [0.25, 0.3) is 5.91 Å². The number of pyridine rings is 1. The standard InChI is InChI=1S/C23H18N2O4/c26-23(24-14-15-7-8-21-22(12-15)29-11-10-28-21)17-13-19(20-6-3-9-27-20)25-18-5-2-1-4-16(17)18/h1-9,12-13H,10-11,14H2,(H,24,26). The van der Waals surface area contributed by atoms with E-state index in [2.05, 4.69) is 10.3 Å². The van der Waals surface area contributed by atoms with Gasteiger partial charge in [-0.3, -0.25) is 4.79 Å². The summed E-state index contributed by atoms with van der Waals surface area (Å²) in [5.74, 6) is 1.88. The molecule has 0 saturated carbocycles. The van der Waals surface area contributed by atoms with Gasteiger partial charge in [-0.15, -0.1) is 0 Å². The van der Waals surface area contributed by atoms with Crippen LogP contribution in [0.2, 0.25) is 0 Å². The number of aromatic nitrogens is 1. The molecule has 144 valence electrons. The molecule has 1 amide bonds. The molecule has 2 aromatic heterocycles. The summed E-state index contributed by atoms with van der Waals surface area (Å²) in [4.78, 5) is 17.6. The van der Waals surface area contributed by atoms with Gasteiger partial charge < -0.3 is 19.2 Å². The summed E-state index contributed by atoms with van der Waals surface area (Å²) in [5, 5.41) is 3.79. The quantitative estimate of drug-likeness (QED) is 0.569. The van der Waals surface area contributed by atoms with Crippen molar-refractivity contribution in [2.24, 2.45) is 0 Å². The molecule has 0 fully saturated rings.